The molecule has 1 unspecified atom stereocenters. The zero-order chi connectivity index (χ0) is 15.7. The summed E-state index contributed by atoms with van der Waals surface area (Å²) >= 11 is 1.46. The molecule has 1 N–H and O–H groups in total. The van der Waals surface area contributed by atoms with Gasteiger partial charge in [-0.25, -0.2) is 16.8 Å². The summed E-state index contributed by atoms with van der Waals surface area (Å²) in [5.41, 5.74) is 0.794. The Kier molecular flexibility index (Phi) is 4.86. The van der Waals surface area contributed by atoms with Gasteiger partial charge in [0.1, 0.15) is 5.37 Å². The highest BCUT2D eigenvalue weighted by Crippen LogP contribution is 2.27. The van der Waals surface area contributed by atoms with Gasteiger partial charge in [-0.15, -0.1) is 0 Å². The molecule has 118 valence electrons. The molecule has 1 atom stereocenters. The van der Waals surface area contributed by atoms with Gasteiger partial charge in [-0.05, 0) is 24.3 Å². The number of benzene rings is 1. The first-order chi connectivity index (χ1) is 9.76. The highest BCUT2D eigenvalue weighted by atomic mass is 32.2. The Bertz CT molecular complexity index is 699. The van der Waals surface area contributed by atoms with Crippen molar-refractivity contribution in [3.63, 3.8) is 0 Å². The average Bonchev–Trinajstić information content (AvgIpc) is 2.46. The molecule has 21 heavy (non-hydrogen) atoms. The van der Waals surface area contributed by atoms with E-state index in [9.17, 15) is 16.8 Å². The van der Waals surface area contributed by atoms with Crippen LogP contribution >= 0.6 is 11.8 Å². The Hall–Kier alpha value is -0.770. The van der Waals surface area contributed by atoms with E-state index in [1.165, 1.54) is 23.9 Å². The molecule has 1 aliphatic rings. The van der Waals surface area contributed by atoms with Crippen molar-refractivity contribution < 1.29 is 16.8 Å². The summed E-state index contributed by atoms with van der Waals surface area (Å²) in [6, 6.07) is 6.28. The molecule has 1 saturated heterocycles. The molecule has 0 amide bonds. The van der Waals surface area contributed by atoms with Crippen molar-refractivity contribution in [2.24, 2.45) is 0 Å². The second-order valence-corrected chi connectivity index (χ2v) is 9.99. The Morgan fingerprint density at radius 1 is 1.19 bits per heavy atom. The molecular weight excluding hydrogens is 332 g/mol. The SMILES string of the molecule is CNc1ccc(S(=O)(=O)N2CCSCC2S(C)(=O)=O)cc1. The van der Waals surface area contributed by atoms with Crippen LogP contribution < -0.4 is 5.32 Å². The number of thioether (sulfide) groups is 1. The zero-order valence-electron chi connectivity index (χ0n) is 11.8. The Morgan fingerprint density at radius 3 is 2.33 bits per heavy atom. The summed E-state index contributed by atoms with van der Waals surface area (Å²) in [7, 11) is -5.53. The quantitative estimate of drug-likeness (QED) is 0.866. The third-order valence-corrected chi connectivity index (χ3v) is 7.98. The Labute approximate surface area is 129 Å². The zero-order valence-corrected chi connectivity index (χ0v) is 14.3. The summed E-state index contributed by atoms with van der Waals surface area (Å²) < 4.78 is 50.1. The van der Waals surface area contributed by atoms with Gasteiger partial charge < -0.3 is 5.32 Å². The molecule has 0 aliphatic carbocycles. The molecule has 0 spiro atoms. The lowest BCUT2D eigenvalue weighted by Crippen LogP contribution is -2.49. The van der Waals surface area contributed by atoms with E-state index in [1.54, 1.807) is 19.2 Å². The van der Waals surface area contributed by atoms with Crippen LogP contribution in [0, 0.1) is 0 Å². The number of nitrogens with zero attached hydrogens (tertiary/aromatic N) is 1. The summed E-state index contributed by atoms with van der Waals surface area (Å²) in [5.74, 6) is 0.868. The smallest absolute Gasteiger partial charge is 0.244 e. The van der Waals surface area contributed by atoms with Gasteiger partial charge in [0.2, 0.25) is 10.0 Å². The van der Waals surface area contributed by atoms with Crippen LogP contribution in [0.25, 0.3) is 0 Å². The molecule has 0 radical (unpaired) electrons. The Balaban J connectivity index is 2.40. The second-order valence-electron chi connectivity index (χ2n) is 4.75. The van der Waals surface area contributed by atoms with Gasteiger partial charge in [0, 0.05) is 37.0 Å². The molecule has 6 nitrogen and oxygen atoms in total. The van der Waals surface area contributed by atoms with Crippen LogP contribution in [0.4, 0.5) is 5.69 Å². The van der Waals surface area contributed by atoms with E-state index in [1.807, 2.05) is 0 Å². The van der Waals surface area contributed by atoms with Crippen molar-refractivity contribution in [3.8, 4) is 0 Å². The summed E-state index contributed by atoms with van der Waals surface area (Å²) in [6.07, 6.45) is 1.08. The maximum Gasteiger partial charge on any atom is 0.244 e. The van der Waals surface area contributed by atoms with E-state index >= 15 is 0 Å². The lowest BCUT2D eigenvalue weighted by atomic mass is 10.3. The van der Waals surface area contributed by atoms with Crippen molar-refractivity contribution in [1.82, 2.24) is 4.31 Å². The fraction of sp³-hybridized carbons (Fsp3) is 0.500. The number of sulfone groups is 1. The van der Waals surface area contributed by atoms with Crippen molar-refractivity contribution in [2.75, 3.05) is 36.7 Å². The number of rotatable bonds is 4. The van der Waals surface area contributed by atoms with Gasteiger partial charge >= 0.3 is 0 Å². The number of sulfonamides is 1. The molecule has 1 fully saturated rings. The molecule has 1 aromatic carbocycles. The van der Waals surface area contributed by atoms with Gasteiger partial charge in [0.25, 0.3) is 0 Å². The van der Waals surface area contributed by atoms with Gasteiger partial charge in [-0.3, -0.25) is 0 Å². The number of hydrogen-bond acceptors (Lipinski definition) is 6. The molecule has 0 saturated carbocycles. The highest BCUT2D eigenvalue weighted by Gasteiger charge is 2.39. The van der Waals surface area contributed by atoms with Crippen LogP contribution in [0.2, 0.25) is 0 Å². The molecule has 1 aliphatic heterocycles. The first kappa shape index (κ1) is 16.6. The number of hydrogen-bond donors (Lipinski definition) is 1. The first-order valence-electron chi connectivity index (χ1n) is 6.33. The fourth-order valence-electron chi connectivity index (χ4n) is 2.11. The van der Waals surface area contributed by atoms with Crippen molar-refractivity contribution in [1.29, 1.82) is 0 Å². The summed E-state index contributed by atoms with van der Waals surface area (Å²) in [4.78, 5) is 0.113. The van der Waals surface area contributed by atoms with Crippen LogP contribution in [-0.2, 0) is 19.9 Å². The van der Waals surface area contributed by atoms with Crippen LogP contribution in [0.5, 0.6) is 0 Å². The third-order valence-electron chi connectivity index (χ3n) is 3.28. The van der Waals surface area contributed by atoms with Crippen molar-refractivity contribution in [2.45, 2.75) is 10.3 Å². The molecule has 9 heteroatoms. The van der Waals surface area contributed by atoms with E-state index in [-0.39, 0.29) is 17.2 Å². The molecule has 0 aromatic heterocycles. The topological polar surface area (TPSA) is 83.6 Å². The standard InChI is InChI=1S/C12H18N2O4S3/c1-13-10-3-5-11(6-4-10)21(17,18)14-7-8-19-9-12(14)20(2,15)16/h3-6,12-13H,7-9H2,1-2H3. The van der Waals surface area contributed by atoms with E-state index in [0.29, 0.717) is 5.75 Å². The summed E-state index contributed by atoms with van der Waals surface area (Å²) in [5, 5.41) is 1.92. The van der Waals surface area contributed by atoms with Gasteiger partial charge in [0.05, 0.1) is 4.90 Å². The normalized spacial score (nSPS) is 21.1. The predicted octanol–water partition coefficient (Wildman–Crippen LogP) is 0.836. The molecule has 1 heterocycles. The minimum absolute atomic E-state index is 0.113. The average molecular weight is 350 g/mol. The third kappa shape index (κ3) is 3.53. The molecule has 1 aromatic rings. The molecule has 0 bridgehead atoms. The maximum absolute atomic E-state index is 12.7. The van der Waals surface area contributed by atoms with Crippen LogP contribution in [0.1, 0.15) is 0 Å². The van der Waals surface area contributed by atoms with Gasteiger partial charge in [-0.2, -0.15) is 16.1 Å². The van der Waals surface area contributed by atoms with Crippen LogP contribution in [0.3, 0.4) is 0 Å². The monoisotopic (exact) mass is 350 g/mol. The maximum atomic E-state index is 12.7. The Morgan fingerprint density at radius 2 is 1.81 bits per heavy atom. The fourth-order valence-corrected chi connectivity index (χ4v) is 7.28. The predicted molar refractivity (Wildman–Crippen MR) is 85.8 cm³/mol. The lowest BCUT2D eigenvalue weighted by Gasteiger charge is -2.32. The first-order valence-corrected chi connectivity index (χ1v) is 10.9. The van der Waals surface area contributed by atoms with Gasteiger partial charge in [-0.1, -0.05) is 0 Å². The minimum Gasteiger partial charge on any atom is -0.388 e. The van der Waals surface area contributed by atoms with E-state index in [4.69, 9.17) is 0 Å². The largest absolute Gasteiger partial charge is 0.388 e. The lowest BCUT2D eigenvalue weighted by molar-refractivity contribution is 0.405. The second kappa shape index (κ2) is 6.15. The summed E-state index contributed by atoms with van der Waals surface area (Å²) in [6.45, 7) is 0.207. The van der Waals surface area contributed by atoms with Crippen molar-refractivity contribution in [3.05, 3.63) is 24.3 Å². The molecule has 2 rings (SSSR count). The molecular formula is C12H18N2O4S3. The van der Waals surface area contributed by atoms with Crippen molar-refractivity contribution >= 4 is 37.3 Å². The van der Waals surface area contributed by atoms with E-state index < -0.39 is 25.2 Å². The van der Waals surface area contributed by atoms with Gasteiger partial charge in [0.15, 0.2) is 9.84 Å². The minimum atomic E-state index is -3.81. The van der Waals surface area contributed by atoms with Crippen LogP contribution in [-0.4, -0.2) is 57.9 Å². The van der Waals surface area contributed by atoms with E-state index in [0.717, 1.165) is 16.2 Å². The van der Waals surface area contributed by atoms with E-state index in [2.05, 4.69) is 5.32 Å². The number of nitrogens with one attached hydrogen (secondary N) is 1. The van der Waals surface area contributed by atoms with Crippen LogP contribution in [0.15, 0.2) is 29.2 Å². The highest BCUT2D eigenvalue weighted by molar-refractivity contribution is 8.01. The number of anilines is 1.